The Bertz CT molecular complexity index is 512. The predicted octanol–water partition coefficient (Wildman–Crippen LogP) is 2.69. The molecular weight excluding hydrogens is 234 g/mol. The highest BCUT2D eigenvalue weighted by Crippen LogP contribution is 2.32. The minimum absolute atomic E-state index is 0.495. The van der Waals surface area contributed by atoms with E-state index >= 15 is 0 Å². The smallest absolute Gasteiger partial charge is 0.127 e. The van der Waals surface area contributed by atoms with Crippen LogP contribution in [0.2, 0.25) is 0 Å². The normalized spacial score (nSPS) is 10.4. The monoisotopic (exact) mass is 247 g/mol. The van der Waals surface area contributed by atoms with Crippen molar-refractivity contribution in [2.45, 2.75) is 6.42 Å². The fourth-order valence-corrected chi connectivity index (χ4v) is 2.07. The summed E-state index contributed by atoms with van der Waals surface area (Å²) >= 11 is 5.80. The molecule has 2 aromatic rings. The van der Waals surface area contributed by atoms with E-state index < -0.39 is 0 Å². The number of hydrogen-bond donors (Lipinski definition) is 2. The Morgan fingerprint density at radius 2 is 1.82 bits per heavy atom. The molecule has 0 atom stereocenters. The van der Waals surface area contributed by atoms with Crippen molar-refractivity contribution in [2.24, 2.45) is 0 Å². The summed E-state index contributed by atoms with van der Waals surface area (Å²) in [6.45, 7) is 0. The quantitative estimate of drug-likeness (QED) is 0.820. The van der Waals surface area contributed by atoms with Crippen LogP contribution in [0.4, 0.5) is 11.5 Å². The van der Waals surface area contributed by atoms with Gasteiger partial charge in [0, 0.05) is 17.0 Å². The Labute approximate surface area is 105 Å². The van der Waals surface area contributed by atoms with Gasteiger partial charge in [0.2, 0.25) is 0 Å². The lowest BCUT2D eigenvalue weighted by atomic mass is 9.98. The molecule has 0 aliphatic carbocycles. The van der Waals surface area contributed by atoms with Crippen LogP contribution in [0.25, 0.3) is 11.1 Å². The first kappa shape index (κ1) is 11.7. The van der Waals surface area contributed by atoms with Gasteiger partial charge in [-0.3, -0.25) is 0 Å². The molecule has 0 radical (unpaired) electrons. The van der Waals surface area contributed by atoms with Crippen molar-refractivity contribution in [2.75, 3.05) is 17.3 Å². The molecule has 0 saturated carbocycles. The van der Waals surface area contributed by atoms with E-state index in [2.05, 4.69) is 4.98 Å². The molecule has 1 aromatic heterocycles. The largest absolute Gasteiger partial charge is 0.397 e. The molecule has 0 unspecified atom stereocenters. The first-order chi connectivity index (χ1) is 8.24. The standard InChI is InChI=1S/C13H14ClN3/c14-7-6-10-12(9-4-2-1-3-5-9)11(15)8-17-13(10)16/h1-5,8H,6-7,15H2,(H2,16,17). The summed E-state index contributed by atoms with van der Waals surface area (Å²) in [6, 6.07) is 9.91. The molecule has 0 saturated heterocycles. The Balaban J connectivity index is 2.63. The topological polar surface area (TPSA) is 64.9 Å². The lowest BCUT2D eigenvalue weighted by molar-refractivity contribution is 1.12. The third-order valence-corrected chi connectivity index (χ3v) is 2.84. The first-order valence-electron chi connectivity index (χ1n) is 5.38. The minimum atomic E-state index is 0.495. The number of nitrogens with two attached hydrogens (primary N) is 2. The van der Waals surface area contributed by atoms with Gasteiger partial charge < -0.3 is 11.5 Å². The van der Waals surface area contributed by atoms with Crippen LogP contribution < -0.4 is 11.5 Å². The summed E-state index contributed by atoms with van der Waals surface area (Å²) in [5.41, 5.74) is 15.4. The summed E-state index contributed by atoms with van der Waals surface area (Å²) in [5, 5.41) is 0. The van der Waals surface area contributed by atoms with Crippen LogP contribution in [-0.2, 0) is 6.42 Å². The number of aromatic nitrogens is 1. The van der Waals surface area contributed by atoms with E-state index in [1.54, 1.807) is 6.20 Å². The van der Waals surface area contributed by atoms with Crippen LogP contribution in [0.1, 0.15) is 5.56 Å². The highest BCUT2D eigenvalue weighted by Gasteiger charge is 2.12. The zero-order valence-corrected chi connectivity index (χ0v) is 10.1. The molecule has 3 nitrogen and oxygen atoms in total. The number of hydrogen-bond acceptors (Lipinski definition) is 3. The number of nitrogens with zero attached hydrogens (tertiary/aromatic N) is 1. The second-order valence-electron chi connectivity index (χ2n) is 3.76. The molecule has 4 N–H and O–H groups in total. The number of rotatable bonds is 3. The zero-order valence-electron chi connectivity index (χ0n) is 9.36. The molecule has 0 spiro atoms. The number of anilines is 2. The molecular formula is C13H14ClN3. The summed E-state index contributed by atoms with van der Waals surface area (Å²) in [6.07, 6.45) is 2.26. The number of nitrogen functional groups attached to an aromatic ring is 2. The van der Waals surface area contributed by atoms with E-state index in [4.69, 9.17) is 23.1 Å². The maximum Gasteiger partial charge on any atom is 0.127 e. The molecule has 2 rings (SSSR count). The molecule has 4 heteroatoms. The first-order valence-corrected chi connectivity index (χ1v) is 5.91. The number of halogens is 1. The van der Waals surface area contributed by atoms with Gasteiger partial charge in [0.05, 0.1) is 11.9 Å². The fourth-order valence-electron chi connectivity index (χ4n) is 1.88. The molecule has 17 heavy (non-hydrogen) atoms. The predicted molar refractivity (Wildman–Crippen MR) is 72.9 cm³/mol. The van der Waals surface area contributed by atoms with Gasteiger partial charge in [-0.1, -0.05) is 30.3 Å². The SMILES string of the molecule is Nc1cnc(N)c(CCCl)c1-c1ccccc1. The lowest BCUT2D eigenvalue weighted by Gasteiger charge is -2.13. The fraction of sp³-hybridized carbons (Fsp3) is 0.154. The van der Waals surface area contributed by atoms with Gasteiger partial charge in [0.25, 0.3) is 0 Å². The molecule has 88 valence electrons. The average Bonchev–Trinajstić information content (AvgIpc) is 2.35. The van der Waals surface area contributed by atoms with Gasteiger partial charge >= 0.3 is 0 Å². The van der Waals surface area contributed by atoms with Crippen molar-refractivity contribution in [1.82, 2.24) is 4.98 Å². The Morgan fingerprint density at radius 1 is 1.12 bits per heavy atom. The van der Waals surface area contributed by atoms with Crippen LogP contribution in [0.5, 0.6) is 0 Å². The van der Waals surface area contributed by atoms with E-state index in [1.165, 1.54) is 0 Å². The summed E-state index contributed by atoms with van der Waals surface area (Å²) in [7, 11) is 0. The third kappa shape index (κ3) is 2.34. The summed E-state index contributed by atoms with van der Waals surface area (Å²) in [4.78, 5) is 4.08. The average molecular weight is 248 g/mol. The molecule has 0 bridgehead atoms. The number of pyridine rings is 1. The van der Waals surface area contributed by atoms with Crippen LogP contribution in [-0.4, -0.2) is 10.9 Å². The van der Waals surface area contributed by atoms with Gasteiger partial charge in [0.15, 0.2) is 0 Å². The van der Waals surface area contributed by atoms with Crippen LogP contribution in [0, 0.1) is 0 Å². The molecule has 0 amide bonds. The van der Waals surface area contributed by atoms with Crippen molar-refractivity contribution in [1.29, 1.82) is 0 Å². The summed E-state index contributed by atoms with van der Waals surface area (Å²) in [5.74, 6) is 0.994. The minimum Gasteiger partial charge on any atom is -0.397 e. The van der Waals surface area contributed by atoms with Gasteiger partial charge in [-0.05, 0) is 12.0 Å². The summed E-state index contributed by atoms with van der Waals surface area (Å²) < 4.78 is 0. The Hall–Kier alpha value is -1.74. The van der Waals surface area contributed by atoms with E-state index in [-0.39, 0.29) is 0 Å². The van der Waals surface area contributed by atoms with Crippen molar-refractivity contribution in [3.8, 4) is 11.1 Å². The van der Waals surface area contributed by atoms with Gasteiger partial charge in [0.1, 0.15) is 5.82 Å². The molecule has 1 aromatic carbocycles. The maximum atomic E-state index is 5.99. The molecule has 1 heterocycles. The zero-order chi connectivity index (χ0) is 12.3. The van der Waals surface area contributed by atoms with Crippen molar-refractivity contribution in [3.63, 3.8) is 0 Å². The second kappa shape index (κ2) is 5.06. The highest BCUT2D eigenvalue weighted by atomic mass is 35.5. The van der Waals surface area contributed by atoms with Crippen molar-refractivity contribution in [3.05, 3.63) is 42.1 Å². The Morgan fingerprint density at radius 3 is 2.47 bits per heavy atom. The maximum absolute atomic E-state index is 5.99. The van der Waals surface area contributed by atoms with E-state index in [0.717, 1.165) is 16.7 Å². The highest BCUT2D eigenvalue weighted by molar-refractivity contribution is 6.18. The Kier molecular flexibility index (Phi) is 3.49. The van der Waals surface area contributed by atoms with Crippen LogP contribution in [0.15, 0.2) is 36.5 Å². The third-order valence-electron chi connectivity index (χ3n) is 2.65. The van der Waals surface area contributed by atoms with Crippen LogP contribution >= 0.6 is 11.6 Å². The number of alkyl halides is 1. The van der Waals surface area contributed by atoms with E-state index in [0.29, 0.717) is 23.8 Å². The van der Waals surface area contributed by atoms with E-state index in [1.807, 2.05) is 30.3 Å². The second-order valence-corrected chi connectivity index (χ2v) is 4.14. The van der Waals surface area contributed by atoms with Crippen LogP contribution in [0.3, 0.4) is 0 Å². The molecule has 0 aliphatic rings. The van der Waals surface area contributed by atoms with Crippen molar-refractivity contribution >= 4 is 23.1 Å². The van der Waals surface area contributed by atoms with Crippen molar-refractivity contribution < 1.29 is 0 Å². The van der Waals surface area contributed by atoms with Gasteiger partial charge in [-0.15, -0.1) is 11.6 Å². The van der Waals surface area contributed by atoms with E-state index in [9.17, 15) is 0 Å². The molecule has 0 aliphatic heterocycles. The van der Waals surface area contributed by atoms with Gasteiger partial charge in [-0.2, -0.15) is 0 Å². The number of benzene rings is 1. The molecule has 0 fully saturated rings. The van der Waals surface area contributed by atoms with Gasteiger partial charge in [-0.25, -0.2) is 4.98 Å². The lowest BCUT2D eigenvalue weighted by Crippen LogP contribution is -2.04.